The number of furan rings is 1. The Labute approximate surface area is 202 Å². The Morgan fingerprint density at radius 1 is 1.00 bits per heavy atom. The van der Waals surface area contributed by atoms with E-state index >= 15 is 0 Å². The van der Waals surface area contributed by atoms with Gasteiger partial charge in [-0.2, -0.15) is 0 Å². The zero-order valence-corrected chi connectivity index (χ0v) is 20.3. The third-order valence-electron chi connectivity index (χ3n) is 5.20. The fourth-order valence-corrected chi connectivity index (χ4v) is 4.42. The Hall–Kier alpha value is -4.13. The van der Waals surface area contributed by atoms with Gasteiger partial charge in [0.15, 0.2) is 5.76 Å². The third-order valence-corrected chi connectivity index (χ3v) is 6.90. The van der Waals surface area contributed by atoms with Gasteiger partial charge in [-0.3, -0.25) is 14.3 Å². The normalized spacial score (nSPS) is 12.2. The summed E-state index contributed by atoms with van der Waals surface area (Å²) in [5, 5.41) is 7.37. The van der Waals surface area contributed by atoms with Crippen LogP contribution in [0, 0.1) is 0 Å². The zero-order chi connectivity index (χ0) is 25.0. The Morgan fingerprint density at radius 3 is 2.34 bits per heavy atom. The highest BCUT2D eigenvalue weighted by molar-refractivity contribution is 7.93. The molecule has 184 valence electrons. The summed E-state index contributed by atoms with van der Waals surface area (Å²) < 4.78 is 52.4. The molecule has 4 rings (SSSR count). The molecule has 0 amide bonds. The number of aromatic nitrogens is 5. The van der Waals surface area contributed by atoms with Crippen LogP contribution in [-0.2, 0) is 16.4 Å². The van der Waals surface area contributed by atoms with Gasteiger partial charge >= 0.3 is 0 Å². The monoisotopic (exact) mass is 500 g/mol. The van der Waals surface area contributed by atoms with Gasteiger partial charge in [0.2, 0.25) is 27.7 Å². The number of rotatable bonds is 10. The second-order valence-electron chi connectivity index (χ2n) is 7.35. The van der Waals surface area contributed by atoms with Crippen LogP contribution in [0.15, 0.2) is 53.4 Å². The Bertz CT molecular complexity index is 1380. The Morgan fingerprint density at radius 2 is 1.71 bits per heavy atom. The van der Waals surface area contributed by atoms with Crippen LogP contribution in [0.1, 0.15) is 12.6 Å². The van der Waals surface area contributed by atoms with Gasteiger partial charge in [0.1, 0.15) is 22.9 Å². The minimum Gasteiger partial charge on any atom is -0.494 e. The van der Waals surface area contributed by atoms with Crippen molar-refractivity contribution in [2.45, 2.75) is 18.6 Å². The highest BCUT2D eigenvalue weighted by atomic mass is 32.2. The van der Waals surface area contributed by atoms with E-state index in [1.165, 1.54) is 44.6 Å². The number of hydrogen-bond acceptors (Lipinski definition) is 10. The largest absolute Gasteiger partial charge is 0.494 e. The number of sulfonamides is 1. The molecule has 3 heterocycles. The van der Waals surface area contributed by atoms with E-state index < -0.39 is 15.3 Å². The molecule has 4 aromatic rings. The van der Waals surface area contributed by atoms with Gasteiger partial charge in [-0.15, -0.1) is 10.2 Å². The Balaban J connectivity index is 1.78. The molecule has 13 heteroatoms. The van der Waals surface area contributed by atoms with Gasteiger partial charge in [-0.05, 0) is 31.2 Å². The summed E-state index contributed by atoms with van der Waals surface area (Å²) in [7, 11) is 0.469. The predicted octanol–water partition coefficient (Wildman–Crippen LogP) is 2.72. The minimum absolute atomic E-state index is 0.0590. The van der Waals surface area contributed by atoms with Crippen LogP contribution in [-0.4, -0.2) is 59.7 Å². The van der Waals surface area contributed by atoms with E-state index in [0.717, 1.165) is 0 Å². The first-order chi connectivity index (χ1) is 16.9. The molecule has 0 aliphatic heterocycles. The molecule has 1 aromatic carbocycles. The lowest BCUT2D eigenvalue weighted by Crippen LogP contribution is -2.29. The highest BCUT2D eigenvalue weighted by Crippen LogP contribution is 2.37. The standard InChI is InChI=1S/C22H24N6O6S/c1-14(13-15-21(33-4)24-11-10-23-15)35(29,30)27-22-26-25-20(18-9-6-12-34-18)28(22)19-16(31-2)7-5-8-17(19)32-3/h5-12,14H,13H2,1-4H3,(H,26,27)/t14-/m0/s1. The smallest absolute Gasteiger partial charge is 0.243 e. The predicted molar refractivity (Wildman–Crippen MR) is 126 cm³/mol. The highest BCUT2D eigenvalue weighted by Gasteiger charge is 2.29. The maximum Gasteiger partial charge on any atom is 0.243 e. The zero-order valence-electron chi connectivity index (χ0n) is 19.5. The summed E-state index contributed by atoms with van der Waals surface area (Å²) in [4.78, 5) is 8.28. The van der Waals surface area contributed by atoms with E-state index in [2.05, 4.69) is 24.9 Å². The number of hydrogen-bond donors (Lipinski definition) is 1. The maximum absolute atomic E-state index is 13.3. The van der Waals surface area contributed by atoms with E-state index in [1.807, 2.05) is 0 Å². The molecule has 0 radical (unpaired) electrons. The number of methoxy groups -OCH3 is 3. The van der Waals surface area contributed by atoms with Gasteiger partial charge in [-0.25, -0.2) is 13.4 Å². The number of anilines is 1. The molecule has 0 fully saturated rings. The lowest BCUT2D eigenvalue weighted by Gasteiger charge is -2.18. The average molecular weight is 501 g/mol. The van der Waals surface area contributed by atoms with Crippen molar-refractivity contribution in [3.63, 3.8) is 0 Å². The van der Waals surface area contributed by atoms with Gasteiger partial charge in [0.05, 0.1) is 32.8 Å². The van der Waals surface area contributed by atoms with E-state index in [0.29, 0.717) is 28.6 Å². The third kappa shape index (κ3) is 4.75. The summed E-state index contributed by atoms with van der Waals surface area (Å²) in [6.45, 7) is 1.55. The number of nitrogens with zero attached hydrogens (tertiary/aromatic N) is 5. The van der Waals surface area contributed by atoms with Gasteiger partial charge in [0.25, 0.3) is 0 Å². The fourth-order valence-electron chi connectivity index (χ4n) is 3.45. The van der Waals surface area contributed by atoms with Crippen molar-refractivity contribution in [2.75, 3.05) is 26.1 Å². The topological polar surface area (TPSA) is 143 Å². The molecule has 0 spiro atoms. The summed E-state index contributed by atoms with van der Waals surface area (Å²) in [5.41, 5.74) is 0.812. The molecule has 0 bridgehead atoms. The molecular formula is C22H24N6O6S. The average Bonchev–Trinajstić information content (AvgIpc) is 3.53. The first-order valence-corrected chi connectivity index (χ1v) is 12.0. The Kier molecular flexibility index (Phi) is 6.87. The van der Waals surface area contributed by atoms with Crippen LogP contribution >= 0.6 is 0 Å². The van der Waals surface area contributed by atoms with Crippen molar-refractivity contribution >= 4 is 16.0 Å². The molecule has 0 aliphatic carbocycles. The van der Waals surface area contributed by atoms with Crippen LogP contribution < -0.4 is 18.9 Å². The summed E-state index contributed by atoms with van der Waals surface area (Å²) in [6, 6.07) is 8.55. The van der Waals surface area contributed by atoms with Crippen molar-refractivity contribution in [1.29, 1.82) is 0 Å². The van der Waals surface area contributed by atoms with Gasteiger partial charge < -0.3 is 18.6 Å². The molecule has 35 heavy (non-hydrogen) atoms. The molecule has 1 N–H and O–H groups in total. The minimum atomic E-state index is -3.97. The first kappa shape index (κ1) is 24.0. The van der Waals surface area contributed by atoms with Crippen LogP contribution in [0.5, 0.6) is 17.4 Å². The molecular weight excluding hydrogens is 476 g/mol. The molecule has 1 atom stereocenters. The SMILES string of the molecule is COc1cccc(OC)c1-n1c(NS(=O)(=O)[C@@H](C)Cc2nccnc2OC)nnc1-c1ccco1. The molecule has 0 saturated heterocycles. The second-order valence-corrected chi connectivity index (χ2v) is 9.44. The van der Waals surface area contributed by atoms with Crippen molar-refractivity contribution < 1.29 is 27.0 Å². The first-order valence-electron chi connectivity index (χ1n) is 10.5. The van der Waals surface area contributed by atoms with E-state index in [1.54, 1.807) is 37.3 Å². The van der Waals surface area contributed by atoms with E-state index in [9.17, 15) is 8.42 Å². The number of ether oxygens (including phenoxy) is 3. The van der Waals surface area contributed by atoms with Crippen LogP contribution in [0.3, 0.4) is 0 Å². The van der Waals surface area contributed by atoms with Gasteiger partial charge in [0, 0.05) is 18.8 Å². The van der Waals surface area contributed by atoms with E-state index in [4.69, 9.17) is 18.6 Å². The van der Waals surface area contributed by atoms with Gasteiger partial charge in [-0.1, -0.05) is 6.07 Å². The van der Waals surface area contributed by atoms with E-state index in [-0.39, 0.29) is 24.1 Å². The second kappa shape index (κ2) is 10.0. The van der Waals surface area contributed by atoms with Crippen molar-refractivity contribution in [1.82, 2.24) is 24.7 Å². The molecule has 3 aromatic heterocycles. The fraction of sp³-hybridized carbons (Fsp3) is 0.273. The number of para-hydroxylation sites is 1. The summed E-state index contributed by atoms with van der Waals surface area (Å²) in [6.07, 6.45) is 4.49. The van der Waals surface area contributed by atoms with Crippen LogP contribution in [0.4, 0.5) is 5.95 Å². The molecule has 0 aliphatic rings. The summed E-state index contributed by atoms with van der Waals surface area (Å²) in [5.74, 6) is 1.63. The molecule has 12 nitrogen and oxygen atoms in total. The number of benzene rings is 1. The molecule has 0 saturated carbocycles. The van der Waals surface area contributed by atoms with Crippen LogP contribution in [0.25, 0.3) is 17.3 Å². The van der Waals surface area contributed by atoms with Crippen molar-refractivity contribution in [3.05, 3.63) is 54.7 Å². The lowest BCUT2D eigenvalue weighted by atomic mass is 10.2. The lowest BCUT2D eigenvalue weighted by molar-refractivity contribution is 0.389. The van der Waals surface area contributed by atoms with Crippen LogP contribution in [0.2, 0.25) is 0 Å². The van der Waals surface area contributed by atoms with Crippen molar-refractivity contribution in [3.8, 4) is 34.7 Å². The molecule has 0 unspecified atom stereocenters. The maximum atomic E-state index is 13.3. The van der Waals surface area contributed by atoms with Crippen molar-refractivity contribution in [2.24, 2.45) is 0 Å². The summed E-state index contributed by atoms with van der Waals surface area (Å²) >= 11 is 0. The number of nitrogens with one attached hydrogen (secondary N) is 1. The quantitative estimate of drug-likeness (QED) is 0.345.